The number of carbonyl (C=O) groups excluding carboxylic acids is 2. The maximum Gasteiger partial charge on any atom is 0.264 e. The van der Waals surface area contributed by atoms with Gasteiger partial charge in [-0.3, -0.25) is 13.9 Å². The normalized spacial score (nSPS) is 12.1. The molecule has 3 aromatic carbocycles. The fraction of sp³-hybridized carbons (Fsp3) is 0.394. The van der Waals surface area contributed by atoms with Gasteiger partial charge in [0, 0.05) is 18.0 Å². The van der Waals surface area contributed by atoms with Crippen molar-refractivity contribution in [3.63, 3.8) is 0 Å². The largest absolute Gasteiger partial charge is 0.492 e. The number of sulfonamides is 1. The molecule has 232 valence electrons. The zero-order chi connectivity index (χ0) is 31.6. The summed E-state index contributed by atoms with van der Waals surface area (Å²) in [7, 11) is -4.21. The van der Waals surface area contributed by atoms with Gasteiger partial charge < -0.3 is 15.0 Å². The first-order valence-electron chi connectivity index (χ1n) is 14.5. The average molecular weight is 626 g/mol. The van der Waals surface area contributed by atoms with Crippen LogP contribution < -0.4 is 14.4 Å². The molecule has 0 aliphatic rings. The third-order valence-corrected chi connectivity index (χ3v) is 9.55. The summed E-state index contributed by atoms with van der Waals surface area (Å²) in [5.74, 6) is -0.190. The summed E-state index contributed by atoms with van der Waals surface area (Å²) in [6.07, 6.45) is 2.28. The topological polar surface area (TPSA) is 96.0 Å². The van der Waals surface area contributed by atoms with Gasteiger partial charge in [-0.25, -0.2) is 8.42 Å². The van der Waals surface area contributed by atoms with Crippen molar-refractivity contribution in [3.8, 4) is 5.75 Å². The van der Waals surface area contributed by atoms with Gasteiger partial charge in [-0.05, 0) is 80.0 Å². The Morgan fingerprint density at radius 3 is 2.21 bits per heavy atom. The number of carbonyl (C=O) groups is 2. The van der Waals surface area contributed by atoms with Crippen molar-refractivity contribution in [1.82, 2.24) is 10.2 Å². The van der Waals surface area contributed by atoms with E-state index in [0.29, 0.717) is 25.3 Å². The van der Waals surface area contributed by atoms with Gasteiger partial charge in [-0.2, -0.15) is 0 Å². The Hall–Kier alpha value is -3.50. The standard InChI is InChI=1S/C33H43N3O5S2/c1-7-29(33(38)34-21-24(3)4)35(22-26-14-10-9-13-25(26)5)32(37)23-36(30-15-11-12-16-31(30)41-8-2)43(39,40)28-19-17-27(42-6)18-20-28/h9-20,24,29H,7-8,21-23H2,1-6H3,(H,34,38)/t29-/m1/s1. The van der Waals surface area contributed by atoms with E-state index in [1.165, 1.54) is 16.7 Å². The Morgan fingerprint density at radius 1 is 0.953 bits per heavy atom. The molecule has 0 spiro atoms. The summed E-state index contributed by atoms with van der Waals surface area (Å²) in [6, 6.07) is 20.2. The molecule has 0 saturated heterocycles. The molecule has 1 N–H and O–H groups in total. The molecule has 3 aromatic rings. The fourth-order valence-electron chi connectivity index (χ4n) is 4.64. The van der Waals surface area contributed by atoms with Gasteiger partial charge >= 0.3 is 0 Å². The van der Waals surface area contributed by atoms with E-state index in [1.54, 1.807) is 48.5 Å². The summed E-state index contributed by atoms with van der Waals surface area (Å²) in [4.78, 5) is 30.2. The number of thioether (sulfide) groups is 1. The summed E-state index contributed by atoms with van der Waals surface area (Å²) in [5.41, 5.74) is 2.10. The van der Waals surface area contributed by atoms with Crippen LogP contribution in [0.15, 0.2) is 82.6 Å². The molecule has 1 atom stereocenters. The maximum absolute atomic E-state index is 14.3. The predicted octanol–water partition coefficient (Wildman–Crippen LogP) is 5.89. The van der Waals surface area contributed by atoms with Gasteiger partial charge in [0.1, 0.15) is 18.3 Å². The summed E-state index contributed by atoms with van der Waals surface area (Å²) < 4.78 is 35.3. The number of hydrogen-bond donors (Lipinski definition) is 1. The Balaban J connectivity index is 2.11. The van der Waals surface area contributed by atoms with E-state index in [1.807, 2.05) is 65.1 Å². The minimum atomic E-state index is -4.21. The summed E-state index contributed by atoms with van der Waals surface area (Å²) in [5, 5.41) is 2.96. The van der Waals surface area contributed by atoms with Gasteiger partial charge in [-0.1, -0.05) is 57.2 Å². The molecule has 3 rings (SSSR count). The second-order valence-electron chi connectivity index (χ2n) is 10.6. The van der Waals surface area contributed by atoms with E-state index in [0.717, 1.165) is 20.3 Å². The Kier molecular flexibility index (Phi) is 12.5. The molecule has 0 aromatic heterocycles. The minimum absolute atomic E-state index is 0.0524. The number of nitrogens with zero attached hydrogens (tertiary/aromatic N) is 2. The summed E-state index contributed by atoms with van der Waals surface area (Å²) >= 11 is 1.51. The molecule has 2 amide bonds. The fourth-order valence-corrected chi connectivity index (χ4v) is 6.47. The Bertz CT molecular complexity index is 1480. The van der Waals surface area contributed by atoms with Gasteiger partial charge in [0.15, 0.2) is 0 Å². The van der Waals surface area contributed by atoms with Crippen molar-refractivity contribution < 1.29 is 22.7 Å². The highest BCUT2D eigenvalue weighted by molar-refractivity contribution is 7.98. The molecule has 0 aliphatic heterocycles. The van der Waals surface area contributed by atoms with E-state index in [9.17, 15) is 18.0 Å². The number of ether oxygens (including phenoxy) is 1. The number of amides is 2. The third-order valence-electron chi connectivity index (χ3n) is 7.03. The van der Waals surface area contributed by atoms with Crippen molar-refractivity contribution in [2.75, 3.05) is 30.3 Å². The molecule has 10 heteroatoms. The van der Waals surface area contributed by atoms with E-state index in [2.05, 4.69) is 5.32 Å². The second-order valence-corrected chi connectivity index (χ2v) is 13.3. The number of hydrogen-bond acceptors (Lipinski definition) is 6. The van der Waals surface area contributed by atoms with Crippen LogP contribution in [0.2, 0.25) is 0 Å². The minimum Gasteiger partial charge on any atom is -0.492 e. The number of anilines is 1. The highest BCUT2D eigenvalue weighted by Crippen LogP contribution is 2.33. The molecule has 0 radical (unpaired) electrons. The van der Waals surface area contributed by atoms with Gasteiger partial charge in [0.25, 0.3) is 10.0 Å². The first-order valence-corrected chi connectivity index (χ1v) is 17.2. The molecule has 0 saturated carbocycles. The number of para-hydroxylation sites is 2. The number of nitrogens with one attached hydrogen (secondary N) is 1. The van der Waals surface area contributed by atoms with Crippen molar-refractivity contribution in [2.45, 2.75) is 63.4 Å². The number of aryl methyl sites for hydroxylation is 1. The van der Waals surface area contributed by atoms with Crippen LogP contribution in [0.1, 0.15) is 45.2 Å². The Labute approximate surface area is 260 Å². The molecule has 0 unspecified atom stereocenters. The van der Waals surface area contributed by atoms with Crippen molar-refractivity contribution >= 4 is 39.3 Å². The van der Waals surface area contributed by atoms with Gasteiger partial charge in [0.2, 0.25) is 11.8 Å². The zero-order valence-electron chi connectivity index (χ0n) is 25.9. The molecule has 0 heterocycles. The monoisotopic (exact) mass is 625 g/mol. The van der Waals surface area contributed by atoms with Gasteiger partial charge in [-0.15, -0.1) is 11.8 Å². The van der Waals surface area contributed by atoms with Crippen LogP contribution in [0.3, 0.4) is 0 Å². The van der Waals surface area contributed by atoms with Crippen LogP contribution in [0, 0.1) is 12.8 Å². The maximum atomic E-state index is 14.3. The van der Waals surface area contributed by atoms with Crippen LogP contribution >= 0.6 is 11.8 Å². The van der Waals surface area contributed by atoms with E-state index >= 15 is 0 Å². The van der Waals surface area contributed by atoms with Crippen LogP contribution in [-0.2, 0) is 26.2 Å². The predicted molar refractivity (Wildman–Crippen MR) is 174 cm³/mol. The van der Waals surface area contributed by atoms with E-state index in [4.69, 9.17) is 4.74 Å². The highest BCUT2D eigenvalue weighted by atomic mass is 32.2. The molecular formula is C33H43N3O5S2. The molecule has 43 heavy (non-hydrogen) atoms. The molecule has 8 nitrogen and oxygen atoms in total. The quantitative estimate of drug-likeness (QED) is 0.212. The zero-order valence-corrected chi connectivity index (χ0v) is 27.5. The van der Waals surface area contributed by atoms with Crippen molar-refractivity contribution in [2.24, 2.45) is 5.92 Å². The molecule has 0 aliphatic carbocycles. The second kappa shape index (κ2) is 15.8. The molecule has 0 bridgehead atoms. The lowest BCUT2D eigenvalue weighted by Crippen LogP contribution is -2.52. The molecule has 0 fully saturated rings. The Morgan fingerprint density at radius 2 is 1.60 bits per heavy atom. The van der Waals surface area contributed by atoms with Crippen LogP contribution in [0.5, 0.6) is 5.75 Å². The SMILES string of the molecule is CCOc1ccccc1N(CC(=O)N(Cc1ccccc1C)[C@H](CC)C(=O)NCC(C)C)S(=O)(=O)c1ccc(SC)cc1. The van der Waals surface area contributed by atoms with Gasteiger partial charge in [0.05, 0.1) is 17.2 Å². The lowest BCUT2D eigenvalue weighted by molar-refractivity contribution is -0.140. The molecular weight excluding hydrogens is 583 g/mol. The highest BCUT2D eigenvalue weighted by Gasteiger charge is 2.35. The smallest absolute Gasteiger partial charge is 0.264 e. The van der Waals surface area contributed by atoms with Crippen LogP contribution in [-0.4, -0.2) is 57.1 Å². The summed E-state index contributed by atoms with van der Waals surface area (Å²) in [6.45, 7) is 10.0. The van der Waals surface area contributed by atoms with E-state index in [-0.39, 0.29) is 29.0 Å². The first-order chi connectivity index (χ1) is 20.5. The lowest BCUT2D eigenvalue weighted by atomic mass is 10.1. The lowest BCUT2D eigenvalue weighted by Gasteiger charge is -2.34. The van der Waals surface area contributed by atoms with Crippen molar-refractivity contribution in [1.29, 1.82) is 0 Å². The van der Waals surface area contributed by atoms with Crippen molar-refractivity contribution in [3.05, 3.63) is 83.9 Å². The van der Waals surface area contributed by atoms with Crippen LogP contribution in [0.4, 0.5) is 5.69 Å². The number of rotatable bonds is 15. The number of benzene rings is 3. The first kappa shape index (κ1) is 34.0. The third kappa shape index (κ3) is 8.76. The van der Waals surface area contributed by atoms with Crippen LogP contribution in [0.25, 0.3) is 0 Å². The average Bonchev–Trinajstić information content (AvgIpc) is 3.00. The van der Waals surface area contributed by atoms with E-state index < -0.39 is 28.5 Å².